The van der Waals surface area contributed by atoms with Gasteiger partial charge in [0.15, 0.2) is 0 Å². The molecule has 2 rings (SSSR count). The van der Waals surface area contributed by atoms with Crippen molar-refractivity contribution in [1.82, 2.24) is 0 Å². The molecule has 18 heavy (non-hydrogen) atoms. The third-order valence-electron chi connectivity index (χ3n) is 2.99. The number of hydrogen-bond donors (Lipinski definition) is 0. The van der Waals surface area contributed by atoms with Gasteiger partial charge in [0.2, 0.25) is 0 Å². The smallest absolute Gasteiger partial charge is 0.0625 e. The van der Waals surface area contributed by atoms with Crippen LogP contribution in [0.2, 0.25) is 0 Å². The van der Waals surface area contributed by atoms with E-state index < -0.39 is 0 Å². The van der Waals surface area contributed by atoms with Gasteiger partial charge in [-0.15, -0.1) is 0 Å². The highest BCUT2D eigenvalue weighted by Gasteiger charge is 1.92. The molecule has 0 saturated heterocycles. The molecule has 0 aliphatic rings. The van der Waals surface area contributed by atoms with Crippen LogP contribution in [0, 0.1) is 0 Å². The Morgan fingerprint density at radius 3 is 2.22 bits per heavy atom. The predicted octanol–water partition coefficient (Wildman–Crippen LogP) is 4.58. The summed E-state index contributed by atoms with van der Waals surface area (Å²) in [5, 5.41) is 0. The van der Waals surface area contributed by atoms with E-state index in [2.05, 4.69) is 36.2 Å². The van der Waals surface area contributed by atoms with E-state index in [0.29, 0.717) is 0 Å². The van der Waals surface area contributed by atoms with Gasteiger partial charge >= 0.3 is 0 Å². The second kappa shape index (κ2) is 6.75. The minimum atomic E-state index is 0.986. The molecule has 2 aromatic rings. The van der Waals surface area contributed by atoms with Crippen molar-refractivity contribution in [2.75, 3.05) is 0 Å². The fourth-order valence-corrected chi connectivity index (χ4v) is 1.86. The Kier molecular flexibility index (Phi) is 4.71. The maximum atomic E-state index is 4.43. The molecule has 0 aliphatic heterocycles. The fraction of sp³-hybridized carbons (Fsp3) is 0.235. The Morgan fingerprint density at radius 2 is 1.56 bits per heavy atom. The zero-order chi connectivity index (χ0) is 12.6. The largest absolute Gasteiger partial charge is 0.261 e. The van der Waals surface area contributed by atoms with E-state index in [0.717, 1.165) is 24.9 Å². The number of rotatable bonds is 5. The predicted molar refractivity (Wildman–Crippen MR) is 78.7 cm³/mol. The summed E-state index contributed by atoms with van der Waals surface area (Å²) in [7, 11) is 0. The summed E-state index contributed by atoms with van der Waals surface area (Å²) in [5.74, 6) is 0. The molecule has 92 valence electrons. The number of aryl methyl sites for hydroxylation is 2. The summed E-state index contributed by atoms with van der Waals surface area (Å²) in [6.07, 6.45) is 5.15. The van der Waals surface area contributed by atoms with Crippen molar-refractivity contribution >= 4 is 11.9 Å². The second-order valence-electron chi connectivity index (χ2n) is 4.36. The maximum absolute atomic E-state index is 4.43. The summed E-state index contributed by atoms with van der Waals surface area (Å²) in [5.41, 5.74) is 3.81. The Hall–Kier alpha value is -1.89. The summed E-state index contributed by atoms with van der Waals surface area (Å²) < 4.78 is 0. The van der Waals surface area contributed by atoms with E-state index in [1.807, 2.05) is 36.5 Å². The van der Waals surface area contributed by atoms with Crippen LogP contribution in [0.15, 0.2) is 59.6 Å². The van der Waals surface area contributed by atoms with Crippen molar-refractivity contribution in [3.8, 4) is 0 Å². The lowest BCUT2D eigenvalue weighted by molar-refractivity contribution is 1.04. The van der Waals surface area contributed by atoms with Crippen LogP contribution in [0.3, 0.4) is 0 Å². The molecule has 0 amide bonds. The van der Waals surface area contributed by atoms with E-state index in [1.165, 1.54) is 11.1 Å². The first kappa shape index (κ1) is 12.6. The first-order chi connectivity index (χ1) is 8.88. The SMILES string of the molecule is CCc1ccc(CCC=Nc2ccccc2)cc1. The average Bonchev–Trinajstić information content (AvgIpc) is 2.45. The van der Waals surface area contributed by atoms with Crippen LogP contribution >= 0.6 is 0 Å². The second-order valence-corrected chi connectivity index (χ2v) is 4.36. The highest BCUT2D eigenvalue weighted by molar-refractivity contribution is 5.63. The van der Waals surface area contributed by atoms with Crippen molar-refractivity contribution in [2.45, 2.75) is 26.2 Å². The zero-order valence-corrected chi connectivity index (χ0v) is 10.8. The number of hydrogen-bond acceptors (Lipinski definition) is 1. The van der Waals surface area contributed by atoms with Crippen LogP contribution in [0.4, 0.5) is 5.69 Å². The van der Waals surface area contributed by atoms with Gasteiger partial charge in [-0.3, -0.25) is 4.99 Å². The minimum absolute atomic E-state index is 0.986. The molecular formula is C17H19N. The quantitative estimate of drug-likeness (QED) is 0.675. The summed E-state index contributed by atoms with van der Waals surface area (Å²) in [4.78, 5) is 4.43. The molecule has 0 spiro atoms. The Balaban J connectivity index is 1.83. The van der Waals surface area contributed by atoms with Crippen LogP contribution in [-0.2, 0) is 12.8 Å². The number of aliphatic imine (C=N–C) groups is 1. The molecule has 0 fully saturated rings. The molecule has 1 nitrogen and oxygen atoms in total. The van der Waals surface area contributed by atoms with Crippen LogP contribution in [0.5, 0.6) is 0 Å². The highest BCUT2D eigenvalue weighted by atomic mass is 14.7. The van der Waals surface area contributed by atoms with Crippen LogP contribution in [-0.4, -0.2) is 6.21 Å². The molecule has 0 saturated carbocycles. The van der Waals surface area contributed by atoms with Crippen molar-refractivity contribution in [3.05, 3.63) is 65.7 Å². The van der Waals surface area contributed by atoms with Gasteiger partial charge in [0.05, 0.1) is 5.69 Å². The van der Waals surface area contributed by atoms with Crippen LogP contribution in [0.25, 0.3) is 0 Å². The van der Waals surface area contributed by atoms with Crippen molar-refractivity contribution in [2.24, 2.45) is 4.99 Å². The Labute approximate surface area is 109 Å². The van der Waals surface area contributed by atoms with Crippen LogP contribution < -0.4 is 0 Å². The average molecular weight is 237 g/mol. The molecule has 0 unspecified atom stereocenters. The third-order valence-corrected chi connectivity index (χ3v) is 2.99. The fourth-order valence-electron chi connectivity index (χ4n) is 1.86. The summed E-state index contributed by atoms with van der Waals surface area (Å²) in [6.45, 7) is 2.18. The van der Waals surface area contributed by atoms with Crippen molar-refractivity contribution in [3.63, 3.8) is 0 Å². The van der Waals surface area contributed by atoms with Crippen LogP contribution in [0.1, 0.15) is 24.5 Å². The van der Waals surface area contributed by atoms with Crippen molar-refractivity contribution < 1.29 is 0 Å². The topological polar surface area (TPSA) is 12.4 Å². The van der Waals surface area contributed by atoms with Gasteiger partial charge in [-0.05, 0) is 42.5 Å². The minimum Gasteiger partial charge on any atom is -0.261 e. The molecule has 0 aliphatic carbocycles. The highest BCUT2D eigenvalue weighted by Crippen LogP contribution is 2.10. The summed E-state index contributed by atoms with van der Waals surface area (Å²) >= 11 is 0. The normalized spacial score (nSPS) is 10.9. The molecular weight excluding hydrogens is 218 g/mol. The molecule has 0 bridgehead atoms. The lowest BCUT2D eigenvalue weighted by atomic mass is 10.1. The van der Waals surface area contributed by atoms with Gasteiger partial charge in [-0.1, -0.05) is 49.4 Å². The van der Waals surface area contributed by atoms with Gasteiger partial charge in [-0.25, -0.2) is 0 Å². The van der Waals surface area contributed by atoms with Crippen molar-refractivity contribution in [1.29, 1.82) is 0 Å². The standard InChI is InChI=1S/C17H19N/c1-2-15-10-12-16(13-11-15)7-6-14-18-17-8-4-3-5-9-17/h3-5,8-14H,2,6-7H2,1H3. The Morgan fingerprint density at radius 1 is 0.889 bits per heavy atom. The van der Waals surface area contributed by atoms with Gasteiger partial charge in [0, 0.05) is 6.21 Å². The molecule has 0 N–H and O–H groups in total. The number of para-hydroxylation sites is 1. The number of nitrogens with zero attached hydrogens (tertiary/aromatic N) is 1. The third kappa shape index (κ3) is 3.85. The van der Waals surface area contributed by atoms with E-state index in [4.69, 9.17) is 0 Å². The summed E-state index contributed by atoms with van der Waals surface area (Å²) in [6, 6.07) is 18.9. The molecule has 1 heteroatoms. The first-order valence-corrected chi connectivity index (χ1v) is 6.54. The van der Waals surface area contributed by atoms with E-state index in [-0.39, 0.29) is 0 Å². The lowest BCUT2D eigenvalue weighted by Crippen LogP contribution is -1.87. The molecule has 0 heterocycles. The molecule has 2 aromatic carbocycles. The molecule has 0 radical (unpaired) electrons. The van der Waals surface area contributed by atoms with Gasteiger partial charge < -0.3 is 0 Å². The zero-order valence-electron chi connectivity index (χ0n) is 10.8. The molecule has 0 aromatic heterocycles. The van der Waals surface area contributed by atoms with Gasteiger partial charge in [-0.2, -0.15) is 0 Å². The Bertz CT molecular complexity index is 483. The molecule has 0 atom stereocenters. The van der Waals surface area contributed by atoms with E-state index >= 15 is 0 Å². The maximum Gasteiger partial charge on any atom is 0.0625 e. The van der Waals surface area contributed by atoms with Gasteiger partial charge in [0.1, 0.15) is 0 Å². The lowest BCUT2D eigenvalue weighted by Gasteiger charge is -2.00. The first-order valence-electron chi connectivity index (χ1n) is 6.54. The monoisotopic (exact) mass is 237 g/mol. The number of benzene rings is 2. The van der Waals surface area contributed by atoms with E-state index in [1.54, 1.807) is 0 Å². The van der Waals surface area contributed by atoms with Gasteiger partial charge in [0.25, 0.3) is 0 Å². The van der Waals surface area contributed by atoms with E-state index in [9.17, 15) is 0 Å².